The third-order valence-corrected chi connectivity index (χ3v) is 5.13. The standard InChI is InChI=1S/C22H22N4O4/c1-15(16-8-10-17(11-9-16)25-12-4-7-21(25)28)23-24-20(27)13-26-18-5-2-3-6-19(18)30-14-22(26)29/h2-3,5-6,8-11H,4,7,12-14H2,1H3,(H,24,27)/b23-15-. The van der Waals surface area contributed by atoms with Crippen molar-refractivity contribution in [1.29, 1.82) is 0 Å². The van der Waals surface area contributed by atoms with E-state index < -0.39 is 5.91 Å². The van der Waals surface area contributed by atoms with Gasteiger partial charge in [0.05, 0.1) is 11.4 Å². The molecule has 8 nitrogen and oxygen atoms in total. The zero-order valence-electron chi connectivity index (χ0n) is 16.6. The molecule has 1 saturated heterocycles. The normalized spacial score (nSPS) is 16.4. The molecule has 3 amide bonds. The summed E-state index contributed by atoms with van der Waals surface area (Å²) in [5.74, 6) is 0.0241. The van der Waals surface area contributed by atoms with Crippen molar-refractivity contribution in [3.05, 3.63) is 54.1 Å². The lowest BCUT2D eigenvalue weighted by Gasteiger charge is -2.28. The summed E-state index contributed by atoms with van der Waals surface area (Å²) >= 11 is 0. The van der Waals surface area contributed by atoms with E-state index in [0.717, 1.165) is 24.2 Å². The van der Waals surface area contributed by atoms with Crippen LogP contribution < -0.4 is 20.0 Å². The van der Waals surface area contributed by atoms with Crippen molar-refractivity contribution in [2.45, 2.75) is 19.8 Å². The highest BCUT2D eigenvalue weighted by atomic mass is 16.5. The van der Waals surface area contributed by atoms with E-state index in [-0.39, 0.29) is 25.0 Å². The van der Waals surface area contributed by atoms with E-state index in [1.165, 1.54) is 4.90 Å². The molecule has 2 aromatic carbocycles. The minimum Gasteiger partial charge on any atom is -0.482 e. The first-order valence-corrected chi connectivity index (χ1v) is 9.79. The zero-order chi connectivity index (χ0) is 21.1. The Morgan fingerprint density at radius 1 is 1.10 bits per heavy atom. The van der Waals surface area contributed by atoms with Gasteiger partial charge in [-0.3, -0.25) is 19.3 Å². The van der Waals surface area contributed by atoms with Crippen molar-refractivity contribution >= 4 is 34.8 Å². The van der Waals surface area contributed by atoms with Crippen LogP contribution in [0.3, 0.4) is 0 Å². The number of hydrogen-bond acceptors (Lipinski definition) is 5. The lowest BCUT2D eigenvalue weighted by molar-refractivity contribution is -0.125. The van der Waals surface area contributed by atoms with Gasteiger partial charge < -0.3 is 9.64 Å². The summed E-state index contributed by atoms with van der Waals surface area (Å²) in [5.41, 5.74) is 5.39. The van der Waals surface area contributed by atoms with E-state index in [1.807, 2.05) is 30.3 Å². The maximum Gasteiger partial charge on any atom is 0.265 e. The molecule has 30 heavy (non-hydrogen) atoms. The topological polar surface area (TPSA) is 91.3 Å². The summed E-state index contributed by atoms with van der Waals surface area (Å²) in [5, 5.41) is 4.15. The molecule has 4 rings (SSSR count). The molecule has 2 aliphatic rings. The van der Waals surface area contributed by atoms with Crippen LogP contribution in [0.25, 0.3) is 0 Å². The molecule has 2 heterocycles. The number of nitrogens with one attached hydrogen (secondary N) is 1. The Kier molecular flexibility index (Phi) is 5.47. The number of hydrazone groups is 1. The van der Waals surface area contributed by atoms with Crippen molar-refractivity contribution in [3.8, 4) is 5.75 Å². The molecule has 154 valence electrons. The van der Waals surface area contributed by atoms with E-state index in [9.17, 15) is 14.4 Å². The SMILES string of the molecule is C/C(=N/NC(=O)CN1C(=O)COc2ccccc21)c1ccc(N2CCCC2=O)cc1. The summed E-state index contributed by atoms with van der Waals surface area (Å²) in [6.07, 6.45) is 1.47. The quantitative estimate of drug-likeness (QED) is 0.608. The van der Waals surface area contributed by atoms with Crippen LogP contribution >= 0.6 is 0 Å². The molecule has 0 unspecified atom stereocenters. The van der Waals surface area contributed by atoms with Crippen LogP contribution in [0.1, 0.15) is 25.3 Å². The van der Waals surface area contributed by atoms with Crippen molar-refractivity contribution in [2.24, 2.45) is 5.10 Å². The van der Waals surface area contributed by atoms with E-state index in [0.29, 0.717) is 23.6 Å². The highest BCUT2D eigenvalue weighted by molar-refractivity contribution is 6.03. The van der Waals surface area contributed by atoms with Crippen molar-refractivity contribution in [1.82, 2.24) is 5.43 Å². The van der Waals surface area contributed by atoms with Crippen LogP contribution in [0, 0.1) is 0 Å². The molecule has 0 aromatic heterocycles. The number of anilines is 2. The predicted molar refractivity (Wildman–Crippen MR) is 113 cm³/mol. The second-order valence-electron chi connectivity index (χ2n) is 7.16. The summed E-state index contributed by atoms with van der Waals surface area (Å²) in [6, 6.07) is 14.6. The third-order valence-electron chi connectivity index (χ3n) is 5.13. The van der Waals surface area contributed by atoms with Gasteiger partial charge in [0.2, 0.25) is 5.91 Å². The monoisotopic (exact) mass is 406 g/mol. The lowest BCUT2D eigenvalue weighted by atomic mass is 10.1. The number of hydrogen-bond donors (Lipinski definition) is 1. The average Bonchev–Trinajstić information content (AvgIpc) is 3.20. The molecule has 0 atom stereocenters. The molecular weight excluding hydrogens is 384 g/mol. The lowest BCUT2D eigenvalue weighted by Crippen LogP contribution is -2.44. The minimum atomic E-state index is -0.404. The van der Waals surface area contributed by atoms with Crippen LogP contribution in [0.5, 0.6) is 5.75 Å². The second-order valence-corrected chi connectivity index (χ2v) is 7.16. The van der Waals surface area contributed by atoms with Gasteiger partial charge in [-0.2, -0.15) is 5.10 Å². The van der Waals surface area contributed by atoms with Gasteiger partial charge in [-0.1, -0.05) is 24.3 Å². The van der Waals surface area contributed by atoms with Gasteiger partial charge in [0.1, 0.15) is 12.3 Å². The zero-order valence-corrected chi connectivity index (χ0v) is 16.6. The first-order chi connectivity index (χ1) is 14.5. The van der Waals surface area contributed by atoms with Crippen molar-refractivity contribution in [2.75, 3.05) is 29.5 Å². The summed E-state index contributed by atoms with van der Waals surface area (Å²) < 4.78 is 5.38. The van der Waals surface area contributed by atoms with E-state index in [2.05, 4.69) is 10.5 Å². The summed E-state index contributed by atoms with van der Waals surface area (Å²) in [6.45, 7) is 2.28. The summed E-state index contributed by atoms with van der Waals surface area (Å²) in [7, 11) is 0. The molecular formula is C22H22N4O4. The Labute approximate surface area is 174 Å². The van der Waals surface area contributed by atoms with Gasteiger partial charge in [0, 0.05) is 18.7 Å². The molecule has 8 heteroatoms. The maximum absolute atomic E-state index is 12.4. The molecule has 2 aromatic rings. The summed E-state index contributed by atoms with van der Waals surface area (Å²) in [4.78, 5) is 39.6. The Balaban J connectivity index is 1.39. The first kappa shape index (κ1) is 19.6. The van der Waals surface area contributed by atoms with Crippen LogP contribution in [0.15, 0.2) is 53.6 Å². The predicted octanol–water partition coefficient (Wildman–Crippen LogP) is 2.08. The molecule has 1 fully saturated rings. The number of nitrogens with zero attached hydrogens (tertiary/aromatic N) is 3. The van der Waals surface area contributed by atoms with E-state index in [1.54, 1.807) is 30.0 Å². The fourth-order valence-electron chi connectivity index (χ4n) is 3.52. The van der Waals surface area contributed by atoms with Gasteiger partial charge in [-0.25, -0.2) is 5.43 Å². The van der Waals surface area contributed by atoms with Crippen LogP contribution in [0.2, 0.25) is 0 Å². The van der Waals surface area contributed by atoms with Gasteiger partial charge in [-0.05, 0) is 43.2 Å². The Bertz CT molecular complexity index is 1020. The number of carbonyl (C=O) groups is 3. The molecule has 0 saturated carbocycles. The van der Waals surface area contributed by atoms with Crippen LogP contribution in [-0.4, -0.2) is 43.1 Å². The van der Waals surface area contributed by atoms with Crippen LogP contribution in [-0.2, 0) is 14.4 Å². The Morgan fingerprint density at radius 2 is 1.87 bits per heavy atom. The third kappa shape index (κ3) is 4.03. The molecule has 1 N–H and O–H groups in total. The first-order valence-electron chi connectivity index (χ1n) is 9.79. The second kappa shape index (κ2) is 8.36. The molecule has 0 spiro atoms. The number of para-hydroxylation sites is 2. The fraction of sp³-hybridized carbons (Fsp3) is 0.273. The van der Waals surface area contributed by atoms with Crippen LogP contribution in [0.4, 0.5) is 11.4 Å². The van der Waals surface area contributed by atoms with Gasteiger partial charge in [0.15, 0.2) is 6.61 Å². The molecule has 2 aliphatic heterocycles. The smallest absolute Gasteiger partial charge is 0.265 e. The number of amides is 3. The average molecular weight is 406 g/mol. The Morgan fingerprint density at radius 3 is 2.60 bits per heavy atom. The van der Waals surface area contributed by atoms with Crippen molar-refractivity contribution in [3.63, 3.8) is 0 Å². The molecule has 0 radical (unpaired) electrons. The van der Waals surface area contributed by atoms with Crippen molar-refractivity contribution < 1.29 is 19.1 Å². The molecule has 0 bridgehead atoms. The van der Waals surface area contributed by atoms with E-state index >= 15 is 0 Å². The Hall–Kier alpha value is -3.68. The highest BCUT2D eigenvalue weighted by Crippen LogP contribution is 2.31. The fourth-order valence-corrected chi connectivity index (χ4v) is 3.52. The van der Waals surface area contributed by atoms with Gasteiger partial charge in [-0.15, -0.1) is 0 Å². The maximum atomic E-state index is 12.4. The minimum absolute atomic E-state index is 0.0988. The van der Waals surface area contributed by atoms with Gasteiger partial charge in [0.25, 0.3) is 11.8 Å². The number of ether oxygens (including phenoxy) is 1. The number of rotatable bonds is 5. The number of fused-ring (bicyclic) bond motifs is 1. The number of carbonyl (C=O) groups excluding carboxylic acids is 3. The highest BCUT2D eigenvalue weighted by Gasteiger charge is 2.27. The van der Waals surface area contributed by atoms with E-state index in [4.69, 9.17) is 4.74 Å². The largest absolute Gasteiger partial charge is 0.482 e. The molecule has 0 aliphatic carbocycles. The van der Waals surface area contributed by atoms with Gasteiger partial charge >= 0.3 is 0 Å². The number of benzene rings is 2.